The van der Waals surface area contributed by atoms with Crippen LogP contribution in [0.3, 0.4) is 0 Å². The number of rotatable bonds is 1. The van der Waals surface area contributed by atoms with E-state index in [4.69, 9.17) is 0 Å². The van der Waals surface area contributed by atoms with E-state index in [9.17, 15) is 5.11 Å². The Balaban J connectivity index is 0.000000180. The highest BCUT2D eigenvalue weighted by atomic mass is 16.2. The van der Waals surface area contributed by atoms with E-state index in [1.807, 2.05) is 36.4 Å². The Kier molecular flexibility index (Phi) is 7.06. The molecule has 0 fully saturated rings. The van der Waals surface area contributed by atoms with Gasteiger partial charge >= 0.3 is 0 Å². The standard InChI is InChI=1S/C6H6.C3H5O/c1-2-4-6-5-3-1;1-2-3-4/h1-6H;2H,1,3H2. The minimum Gasteiger partial charge on any atom is -0.232 e. The average Bonchev–Trinajstić information content (AvgIpc) is 2.08. The van der Waals surface area contributed by atoms with Crippen molar-refractivity contribution < 1.29 is 5.11 Å². The SMILES string of the molecule is C=CC[O].c1ccccc1. The summed E-state index contributed by atoms with van der Waals surface area (Å²) in [6.07, 6.45) is 1.32. The molecule has 0 bridgehead atoms. The first-order valence-electron chi connectivity index (χ1n) is 3.11. The molecule has 1 rings (SSSR count). The van der Waals surface area contributed by atoms with Gasteiger partial charge in [0.15, 0.2) is 0 Å². The normalized spacial score (nSPS) is 7.30. The van der Waals surface area contributed by atoms with Crippen molar-refractivity contribution >= 4 is 0 Å². The Morgan fingerprint density at radius 1 is 1.00 bits per heavy atom. The van der Waals surface area contributed by atoms with Crippen molar-refractivity contribution in [2.45, 2.75) is 0 Å². The van der Waals surface area contributed by atoms with Crippen LogP contribution in [-0.4, -0.2) is 6.61 Å². The third-order valence-corrected chi connectivity index (χ3v) is 0.785. The van der Waals surface area contributed by atoms with E-state index in [0.717, 1.165) is 0 Å². The molecule has 0 aromatic heterocycles. The van der Waals surface area contributed by atoms with Gasteiger partial charge in [-0.25, -0.2) is 5.11 Å². The summed E-state index contributed by atoms with van der Waals surface area (Å²) in [6.45, 7) is 3.00. The van der Waals surface area contributed by atoms with Crippen LogP contribution >= 0.6 is 0 Å². The maximum absolute atomic E-state index is 9.18. The van der Waals surface area contributed by atoms with Gasteiger partial charge in [0, 0.05) is 0 Å². The van der Waals surface area contributed by atoms with Crippen LogP contribution < -0.4 is 0 Å². The highest BCUT2D eigenvalue weighted by Crippen LogP contribution is 1.79. The van der Waals surface area contributed by atoms with Crippen LogP contribution in [-0.2, 0) is 5.11 Å². The van der Waals surface area contributed by atoms with Crippen LogP contribution in [0.5, 0.6) is 0 Å². The van der Waals surface area contributed by atoms with Crippen LogP contribution in [0.15, 0.2) is 49.1 Å². The van der Waals surface area contributed by atoms with E-state index in [0.29, 0.717) is 0 Å². The highest BCUT2D eigenvalue weighted by molar-refractivity contribution is 4.99. The molecule has 0 spiro atoms. The minimum absolute atomic E-state index is 0.167. The summed E-state index contributed by atoms with van der Waals surface area (Å²) in [7, 11) is 0. The lowest BCUT2D eigenvalue weighted by Gasteiger charge is -1.69. The molecular formula is C9H11O. The third kappa shape index (κ3) is 6.92. The van der Waals surface area contributed by atoms with Gasteiger partial charge in [-0.05, 0) is 0 Å². The van der Waals surface area contributed by atoms with Crippen molar-refractivity contribution in [3.8, 4) is 0 Å². The van der Waals surface area contributed by atoms with Crippen LogP contribution in [0.1, 0.15) is 0 Å². The quantitative estimate of drug-likeness (QED) is 0.526. The molecule has 1 aromatic carbocycles. The lowest BCUT2D eigenvalue weighted by molar-refractivity contribution is 0.232. The van der Waals surface area contributed by atoms with E-state index in [-0.39, 0.29) is 6.61 Å². The van der Waals surface area contributed by atoms with Gasteiger partial charge in [0.25, 0.3) is 0 Å². The van der Waals surface area contributed by atoms with E-state index in [2.05, 4.69) is 6.58 Å². The fourth-order valence-corrected chi connectivity index (χ4v) is 0.385. The molecule has 0 aliphatic heterocycles. The Labute approximate surface area is 61.6 Å². The molecule has 1 aromatic rings. The largest absolute Gasteiger partial charge is 0.232 e. The molecule has 10 heavy (non-hydrogen) atoms. The van der Waals surface area contributed by atoms with Gasteiger partial charge in [0.1, 0.15) is 6.61 Å². The van der Waals surface area contributed by atoms with Gasteiger partial charge < -0.3 is 0 Å². The Morgan fingerprint density at radius 2 is 1.20 bits per heavy atom. The maximum atomic E-state index is 9.18. The second-order valence-electron chi connectivity index (χ2n) is 1.61. The molecule has 1 heteroatoms. The molecule has 0 saturated carbocycles. The van der Waals surface area contributed by atoms with E-state index in [1.165, 1.54) is 6.08 Å². The second kappa shape index (κ2) is 7.92. The van der Waals surface area contributed by atoms with Crippen molar-refractivity contribution in [2.24, 2.45) is 0 Å². The number of hydrogen-bond donors (Lipinski definition) is 0. The fraction of sp³-hybridized carbons (Fsp3) is 0.111. The maximum Gasteiger partial charge on any atom is 0.100 e. The zero-order valence-electron chi connectivity index (χ0n) is 5.86. The molecule has 0 heterocycles. The van der Waals surface area contributed by atoms with E-state index < -0.39 is 0 Å². The first-order chi connectivity index (χ1) is 4.91. The molecule has 1 radical (unpaired) electrons. The summed E-state index contributed by atoms with van der Waals surface area (Å²) in [5.41, 5.74) is 0. The van der Waals surface area contributed by atoms with Crippen LogP contribution in [0.2, 0.25) is 0 Å². The smallest absolute Gasteiger partial charge is 0.100 e. The second-order valence-corrected chi connectivity index (χ2v) is 1.61. The predicted molar refractivity (Wildman–Crippen MR) is 42.2 cm³/mol. The average molecular weight is 135 g/mol. The van der Waals surface area contributed by atoms with Crippen molar-refractivity contribution in [3.05, 3.63) is 49.1 Å². The predicted octanol–water partition coefficient (Wildman–Crippen LogP) is 2.29. The summed E-state index contributed by atoms with van der Waals surface area (Å²) in [4.78, 5) is 0. The highest BCUT2D eigenvalue weighted by Gasteiger charge is 1.57. The van der Waals surface area contributed by atoms with Crippen LogP contribution in [0.25, 0.3) is 0 Å². The first-order valence-corrected chi connectivity index (χ1v) is 3.11. The minimum atomic E-state index is -0.167. The molecular weight excluding hydrogens is 124 g/mol. The topological polar surface area (TPSA) is 19.9 Å². The Morgan fingerprint density at radius 3 is 1.30 bits per heavy atom. The fourth-order valence-electron chi connectivity index (χ4n) is 0.385. The number of benzene rings is 1. The van der Waals surface area contributed by atoms with Gasteiger partial charge in [-0.2, -0.15) is 0 Å². The van der Waals surface area contributed by atoms with E-state index in [1.54, 1.807) is 0 Å². The van der Waals surface area contributed by atoms with Gasteiger partial charge in [-0.15, -0.1) is 6.58 Å². The van der Waals surface area contributed by atoms with Crippen LogP contribution in [0, 0.1) is 0 Å². The molecule has 0 amide bonds. The molecule has 0 N–H and O–H groups in total. The van der Waals surface area contributed by atoms with Gasteiger partial charge in [-0.1, -0.05) is 42.5 Å². The summed E-state index contributed by atoms with van der Waals surface area (Å²) in [5.74, 6) is 0. The van der Waals surface area contributed by atoms with Crippen molar-refractivity contribution in [1.29, 1.82) is 0 Å². The zero-order chi connectivity index (χ0) is 7.66. The molecule has 1 nitrogen and oxygen atoms in total. The van der Waals surface area contributed by atoms with Crippen molar-refractivity contribution in [1.82, 2.24) is 0 Å². The Bertz CT molecular complexity index is 119. The first kappa shape index (κ1) is 8.92. The lowest BCUT2D eigenvalue weighted by Crippen LogP contribution is -1.58. The number of hydrogen-bond acceptors (Lipinski definition) is 0. The van der Waals surface area contributed by atoms with Crippen molar-refractivity contribution in [2.75, 3.05) is 6.61 Å². The molecule has 0 saturated heterocycles. The summed E-state index contributed by atoms with van der Waals surface area (Å²) in [5, 5.41) is 9.18. The molecule has 0 aliphatic rings. The van der Waals surface area contributed by atoms with Crippen LogP contribution in [0.4, 0.5) is 0 Å². The zero-order valence-corrected chi connectivity index (χ0v) is 5.86. The van der Waals surface area contributed by atoms with Gasteiger partial charge in [-0.3, -0.25) is 0 Å². The Hall–Kier alpha value is -1.08. The molecule has 0 aliphatic carbocycles. The lowest BCUT2D eigenvalue weighted by atomic mass is 10.4. The van der Waals surface area contributed by atoms with Gasteiger partial charge in [0.2, 0.25) is 0 Å². The summed E-state index contributed by atoms with van der Waals surface area (Å²) in [6, 6.07) is 12.0. The third-order valence-electron chi connectivity index (χ3n) is 0.785. The monoisotopic (exact) mass is 135 g/mol. The molecule has 0 unspecified atom stereocenters. The van der Waals surface area contributed by atoms with E-state index >= 15 is 0 Å². The van der Waals surface area contributed by atoms with Crippen molar-refractivity contribution in [3.63, 3.8) is 0 Å². The van der Waals surface area contributed by atoms with Gasteiger partial charge in [0.05, 0.1) is 0 Å². The molecule has 0 atom stereocenters. The summed E-state index contributed by atoms with van der Waals surface area (Å²) >= 11 is 0. The molecule has 53 valence electrons. The summed E-state index contributed by atoms with van der Waals surface area (Å²) < 4.78 is 0.